The maximum atomic E-state index is 12.3. The summed E-state index contributed by atoms with van der Waals surface area (Å²) in [5.74, 6) is 1.45. The van der Waals surface area contributed by atoms with Crippen molar-refractivity contribution in [1.29, 1.82) is 0 Å². The van der Waals surface area contributed by atoms with Gasteiger partial charge in [0, 0.05) is 6.54 Å². The maximum Gasteiger partial charge on any atom is 0.252 e. The van der Waals surface area contributed by atoms with E-state index in [0.717, 1.165) is 27.8 Å². The molecule has 3 rings (SSSR count). The van der Waals surface area contributed by atoms with Crippen molar-refractivity contribution in [2.24, 2.45) is 0 Å². The van der Waals surface area contributed by atoms with Crippen LogP contribution in [0.3, 0.4) is 0 Å². The molecule has 0 radical (unpaired) electrons. The lowest BCUT2D eigenvalue weighted by molar-refractivity contribution is -0.140. The third-order valence-corrected chi connectivity index (χ3v) is 5.05. The Kier molecular flexibility index (Phi) is 4.17. The highest BCUT2D eigenvalue weighted by atomic mass is 32.2. The Balaban J connectivity index is 1.73. The highest BCUT2D eigenvalue weighted by Crippen LogP contribution is 2.27. The number of rotatable bonds is 3. The Morgan fingerprint density at radius 3 is 2.67 bits per heavy atom. The summed E-state index contributed by atoms with van der Waals surface area (Å²) in [6.45, 7) is 0.454. The van der Waals surface area contributed by atoms with Crippen LogP contribution >= 0.6 is 11.8 Å². The lowest BCUT2D eigenvalue weighted by Crippen LogP contribution is -2.48. The van der Waals surface area contributed by atoms with Gasteiger partial charge in [-0.25, -0.2) is 0 Å². The van der Waals surface area contributed by atoms with Gasteiger partial charge in [-0.3, -0.25) is 4.79 Å². The van der Waals surface area contributed by atoms with Crippen molar-refractivity contribution in [1.82, 2.24) is 5.32 Å². The number of carbonyl (C=O) groups is 1. The van der Waals surface area contributed by atoms with Gasteiger partial charge in [-0.15, -0.1) is 0 Å². The van der Waals surface area contributed by atoms with E-state index in [1.165, 1.54) is 0 Å². The van der Waals surface area contributed by atoms with Gasteiger partial charge in [0.2, 0.25) is 0 Å². The molecule has 1 aliphatic heterocycles. The minimum absolute atomic E-state index is 0.240. The average Bonchev–Trinajstić information content (AvgIpc) is 2.53. The molecule has 0 spiro atoms. The van der Waals surface area contributed by atoms with Gasteiger partial charge in [-0.05, 0) is 40.7 Å². The molecule has 0 saturated carbocycles. The molecule has 1 heterocycles. The van der Waals surface area contributed by atoms with Crippen molar-refractivity contribution in [2.75, 3.05) is 11.5 Å². The average molecular weight is 301 g/mol. The smallest absolute Gasteiger partial charge is 0.252 e. The molecule has 0 unspecified atom stereocenters. The zero-order valence-electron chi connectivity index (χ0n) is 11.8. The normalized spacial score (nSPS) is 17.6. The van der Waals surface area contributed by atoms with Gasteiger partial charge in [-0.1, -0.05) is 42.5 Å². The molecule has 1 aliphatic rings. The van der Waals surface area contributed by atoms with E-state index < -0.39 is 5.60 Å². The second-order valence-electron chi connectivity index (χ2n) is 5.46. The predicted molar refractivity (Wildman–Crippen MR) is 87.3 cm³/mol. The molecule has 110 valence electrons. The SMILES string of the molecule is O=C(NCc1cccc2ccccc12)C1(O)CCSCC1. The molecule has 0 atom stereocenters. The summed E-state index contributed by atoms with van der Waals surface area (Å²) in [6.07, 6.45) is 1.08. The van der Waals surface area contributed by atoms with E-state index in [9.17, 15) is 9.90 Å². The first kappa shape index (κ1) is 14.4. The minimum atomic E-state index is -1.18. The first-order valence-corrected chi connectivity index (χ1v) is 8.40. The van der Waals surface area contributed by atoms with Crippen LogP contribution in [0, 0.1) is 0 Å². The maximum absolute atomic E-state index is 12.3. The molecule has 2 aromatic rings. The zero-order chi connectivity index (χ0) is 14.7. The molecule has 0 bridgehead atoms. The molecule has 21 heavy (non-hydrogen) atoms. The minimum Gasteiger partial charge on any atom is -0.380 e. The van der Waals surface area contributed by atoms with Crippen LogP contribution in [0.25, 0.3) is 10.8 Å². The molecular formula is C17H19NO2S. The molecule has 0 aliphatic carbocycles. The van der Waals surface area contributed by atoms with Crippen LogP contribution in [-0.4, -0.2) is 28.1 Å². The van der Waals surface area contributed by atoms with E-state index in [4.69, 9.17) is 0 Å². The third kappa shape index (κ3) is 3.06. The highest BCUT2D eigenvalue weighted by Gasteiger charge is 2.37. The van der Waals surface area contributed by atoms with Gasteiger partial charge in [0.15, 0.2) is 0 Å². The number of amides is 1. The van der Waals surface area contributed by atoms with Crippen molar-refractivity contribution in [3.05, 3.63) is 48.0 Å². The number of benzene rings is 2. The number of aliphatic hydroxyl groups is 1. The van der Waals surface area contributed by atoms with Crippen molar-refractivity contribution in [3.63, 3.8) is 0 Å². The molecule has 2 N–H and O–H groups in total. The summed E-state index contributed by atoms with van der Waals surface area (Å²) in [5, 5.41) is 15.6. The summed E-state index contributed by atoms with van der Waals surface area (Å²) in [4.78, 5) is 12.3. The highest BCUT2D eigenvalue weighted by molar-refractivity contribution is 7.99. The fraction of sp³-hybridized carbons (Fsp3) is 0.353. The number of hydrogen-bond donors (Lipinski definition) is 2. The van der Waals surface area contributed by atoms with Crippen LogP contribution in [0.1, 0.15) is 18.4 Å². The summed E-state index contributed by atoms with van der Waals surface area (Å²) in [7, 11) is 0. The Labute approximate surface area is 128 Å². The molecule has 1 saturated heterocycles. The van der Waals surface area contributed by atoms with Crippen molar-refractivity contribution >= 4 is 28.4 Å². The van der Waals surface area contributed by atoms with Gasteiger partial charge < -0.3 is 10.4 Å². The Hall–Kier alpha value is -1.52. The summed E-state index contributed by atoms with van der Waals surface area (Å²) < 4.78 is 0. The number of carbonyl (C=O) groups excluding carboxylic acids is 1. The van der Waals surface area contributed by atoms with Crippen LogP contribution in [0.15, 0.2) is 42.5 Å². The Morgan fingerprint density at radius 2 is 1.86 bits per heavy atom. The van der Waals surface area contributed by atoms with Crippen molar-refractivity contribution < 1.29 is 9.90 Å². The number of fused-ring (bicyclic) bond motifs is 1. The molecule has 3 nitrogen and oxygen atoms in total. The second kappa shape index (κ2) is 6.08. The number of hydrogen-bond acceptors (Lipinski definition) is 3. The van der Waals surface area contributed by atoms with E-state index in [1.54, 1.807) is 11.8 Å². The van der Waals surface area contributed by atoms with Crippen LogP contribution in [0.2, 0.25) is 0 Å². The topological polar surface area (TPSA) is 49.3 Å². The molecule has 1 amide bonds. The van der Waals surface area contributed by atoms with E-state index in [2.05, 4.69) is 23.5 Å². The fourth-order valence-corrected chi connectivity index (χ4v) is 3.89. The van der Waals surface area contributed by atoms with Gasteiger partial charge in [-0.2, -0.15) is 11.8 Å². The monoisotopic (exact) mass is 301 g/mol. The van der Waals surface area contributed by atoms with E-state index in [0.29, 0.717) is 19.4 Å². The molecule has 1 fully saturated rings. The van der Waals surface area contributed by atoms with Crippen LogP contribution < -0.4 is 5.32 Å². The largest absolute Gasteiger partial charge is 0.380 e. The summed E-state index contributed by atoms with van der Waals surface area (Å²) >= 11 is 1.79. The van der Waals surface area contributed by atoms with Crippen LogP contribution in [0.4, 0.5) is 0 Å². The van der Waals surface area contributed by atoms with Crippen molar-refractivity contribution in [3.8, 4) is 0 Å². The first-order valence-electron chi connectivity index (χ1n) is 7.24. The number of nitrogens with one attached hydrogen (secondary N) is 1. The molecule has 0 aromatic heterocycles. The van der Waals surface area contributed by atoms with E-state index in [-0.39, 0.29) is 5.91 Å². The fourth-order valence-electron chi connectivity index (χ4n) is 2.72. The quantitative estimate of drug-likeness (QED) is 0.916. The summed E-state index contributed by atoms with van der Waals surface area (Å²) in [6, 6.07) is 14.2. The van der Waals surface area contributed by atoms with Gasteiger partial charge in [0.05, 0.1) is 0 Å². The Bertz CT molecular complexity index is 645. The van der Waals surface area contributed by atoms with E-state index >= 15 is 0 Å². The lowest BCUT2D eigenvalue weighted by atomic mass is 9.95. The van der Waals surface area contributed by atoms with Gasteiger partial charge in [0.1, 0.15) is 5.60 Å². The van der Waals surface area contributed by atoms with Crippen LogP contribution in [0.5, 0.6) is 0 Å². The van der Waals surface area contributed by atoms with E-state index in [1.807, 2.05) is 24.3 Å². The predicted octanol–water partition coefficient (Wildman–Crippen LogP) is 2.71. The summed E-state index contributed by atoms with van der Waals surface area (Å²) in [5.41, 5.74) is -0.106. The third-order valence-electron chi connectivity index (χ3n) is 4.06. The van der Waals surface area contributed by atoms with Crippen molar-refractivity contribution in [2.45, 2.75) is 25.0 Å². The first-order chi connectivity index (χ1) is 10.2. The zero-order valence-corrected chi connectivity index (χ0v) is 12.7. The number of thioether (sulfide) groups is 1. The lowest BCUT2D eigenvalue weighted by Gasteiger charge is -2.30. The second-order valence-corrected chi connectivity index (χ2v) is 6.69. The molecule has 4 heteroatoms. The molecular weight excluding hydrogens is 282 g/mol. The Morgan fingerprint density at radius 1 is 1.14 bits per heavy atom. The van der Waals surface area contributed by atoms with Gasteiger partial charge >= 0.3 is 0 Å². The van der Waals surface area contributed by atoms with Gasteiger partial charge in [0.25, 0.3) is 5.91 Å². The standard InChI is InChI=1S/C17H19NO2S/c19-16(17(20)8-10-21-11-9-17)18-12-14-6-3-5-13-4-1-2-7-15(13)14/h1-7,20H,8-12H2,(H,18,19). The van der Waals surface area contributed by atoms with Crippen LogP contribution in [-0.2, 0) is 11.3 Å². The molecule has 2 aromatic carbocycles.